The van der Waals surface area contributed by atoms with Gasteiger partial charge in [0.15, 0.2) is 5.78 Å². The molecule has 0 amide bonds. The van der Waals surface area contributed by atoms with Crippen molar-refractivity contribution >= 4 is 60.1 Å². The Kier molecular flexibility index (Phi) is 3.71. The van der Waals surface area contributed by atoms with Gasteiger partial charge in [0.2, 0.25) is 0 Å². The highest BCUT2D eigenvalue weighted by atomic mass is 79.9. The van der Waals surface area contributed by atoms with E-state index >= 15 is 0 Å². The Bertz CT molecular complexity index is 826. The van der Waals surface area contributed by atoms with Crippen LogP contribution in [-0.4, -0.2) is 10.8 Å². The molecular formula is C15H8Br2ClNO. The Morgan fingerprint density at radius 1 is 1.10 bits per heavy atom. The largest absolute Gasteiger partial charge is 0.360 e. The first-order valence-electron chi connectivity index (χ1n) is 5.82. The molecule has 20 heavy (non-hydrogen) atoms. The van der Waals surface area contributed by atoms with Gasteiger partial charge in [-0.15, -0.1) is 0 Å². The molecule has 0 fully saturated rings. The molecule has 0 atom stereocenters. The molecule has 0 aliphatic rings. The van der Waals surface area contributed by atoms with E-state index in [1.165, 1.54) is 0 Å². The Balaban J connectivity index is 2.12. The molecule has 0 radical (unpaired) electrons. The van der Waals surface area contributed by atoms with Gasteiger partial charge < -0.3 is 4.98 Å². The summed E-state index contributed by atoms with van der Waals surface area (Å²) in [7, 11) is 0. The van der Waals surface area contributed by atoms with Crippen molar-refractivity contribution in [3.63, 3.8) is 0 Å². The molecule has 0 unspecified atom stereocenters. The summed E-state index contributed by atoms with van der Waals surface area (Å²) in [5.74, 6) is -0.0521. The lowest BCUT2D eigenvalue weighted by Gasteiger charge is -2.02. The molecule has 0 saturated heterocycles. The maximum absolute atomic E-state index is 12.6. The van der Waals surface area contributed by atoms with Crippen LogP contribution < -0.4 is 0 Å². The molecular weight excluding hydrogens is 405 g/mol. The molecule has 0 spiro atoms. The van der Waals surface area contributed by atoms with Gasteiger partial charge >= 0.3 is 0 Å². The van der Waals surface area contributed by atoms with Gasteiger partial charge in [0.05, 0.1) is 5.02 Å². The third-order valence-electron chi connectivity index (χ3n) is 3.07. The molecule has 1 aromatic heterocycles. The van der Waals surface area contributed by atoms with E-state index in [0.717, 1.165) is 19.8 Å². The first-order valence-corrected chi connectivity index (χ1v) is 7.79. The van der Waals surface area contributed by atoms with Crippen LogP contribution in [0.2, 0.25) is 5.02 Å². The van der Waals surface area contributed by atoms with Gasteiger partial charge in [-0.3, -0.25) is 4.79 Å². The minimum atomic E-state index is -0.0521. The number of ketones is 1. The van der Waals surface area contributed by atoms with E-state index in [1.54, 1.807) is 24.4 Å². The first-order chi connectivity index (χ1) is 9.56. The molecule has 2 aromatic carbocycles. The van der Waals surface area contributed by atoms with Crippen LogP contribution in [0, 0.1) is 0 Å². The highest BCUT2D eigenvalue weighted by molar-refractivity contribution is 9.10. The summed E-state index contributed by atoms with van der Waals surface area (Å²) in [6.45, 7) is 0. The second kappa shape index (κ2) is 5.35. The number of nitrogens with one attached hydrogen (secondary N) is 1. The molecule has 0 aliphatic carbocycles. The van der Waals surface area contributed by atoms with E-state index in [9.17, 15) is 4.79 Å². The van der Waals surface area contributed by atoms with Crippen molar-refractivity contribution in [2.45, 2.75) is 0 Å². The SMILES string of the molecule is O=C(c1ccc(Br)c(Cl)c1)c1c[nH]c2ccc(Br)cc12. The highest BCUT2D eigenvalue weighted by Crippen LogP contribution is 2.27. The van der Waals surface area contributed by atoms with Crippen LogP contribution in [0.1, 0.15) is 15.9 Å². The fourth-order valence-corrected chi connectivity index (χ4v) is 2.86. The number of carbonyl (C=O) groups excluding carboxylic acids is 1. The third kappa shape index (κ3) is 2.43. The van der Waals surface area contributed by atoms with Crippen LogP contribution in [0.3, 0.4) is 0 Å². The predicted molar refractivity (Wildman–Crippen MR) is 88.6 cm³/mol. The topological polar surface area (TPSA) is 32.9 Å². The molecule has 0 aliphatic heterocycles. The smallest absolute Gasteiger partial charge is 0.195 e. The maximum atomic E-state index is 12.6. The van der Waals surface area contributed by atoms with Gasteiger partial charge in [-0.2, -0.15) is 0 Å². The standard InChI is InChI=1S/C15H8Br2ClNO/c16-9-2-4-14-10(6-9)11(7-19-14)15(20)8-1-3-12(17)13(18)5-8/h1-7,19H. The number of carbonyl (C=O) groups is 1. The van der Waals surface area contributed by atoms with Gasteiger partial charge in [-0.05, 0) is 52.3 Å². The minimum Gasteiger partial charge on any atom is -0.360 e. The normalized spacial score (nSPS) is 10.9. The van der Waals surface area contributed by atoms with Crippen LogP contribution in [0.4, 0.5) is 0 Å². The second-order valence-corrected chi connectivity index (χ2v) is 6.53. The Morgan fingerprint density at radius 2 is 1.90 bits per heavy atom. The predicted octanol–water partition coefficient (Wildman–Crippen LogP) is 5.58. The number of benzene rings is 2. The molecule has 5 heteroatoms. The number of H-pyrrole nitrogens is 1. The summed E-state index contributed by atoms with van der Waals surface area (Å²) >= 11 is 12.8. The van der Waals surface area contributed by atoms with Gasteiger partial charge in [0, 0.05) is 37.2 Å². The number of aromatic amines is 1. The summed E-state index contributed by atoms with van der Waals surface area (Å²) in [5, 5.41) is 1.42. The summed E-state index contributed by atoms with van der Waals surface area (Å²) in [4.78, 5) is 15.7. The molecule has 3 aromatic rings. The molecule has 3 rings (SSSR count). The minimum absolute atomic E-state index is 0.0521. The van der Waals surface area contributed by atoms with E-state index in [1.807, 2.05) is 18.2 Å². The zero-order chi connectivity index (χ0) is 14.3. The number of halogens is 3. The van der Waals surface area contributed by atoms with Crippen molar-refractivity contribution in [3.05, 3.63) is 67.7 Å². The monoisotopic (exact) mass is 411 g/mol. The van der Waals surface area contributed by atoms with Crippen molar-refractivity contribution < 1.29 is 4.79 Å². The maximum Gasteiger partial charge on any atom is 0.195 e. The van der Waals surface area contributed by atoms with Gasteiger partial charge in [0.25, 0.3) is 0 Å². The zero-order valence-corrected chi connectivity index (χ0v) is 14.0. The van der Waals surface area contributed by atoms with Crippen molar-refractivity contribution in [2.75, 3.05) is 0 Å². The molecule has 1 heterocycles. The van der Waals surface area contributed by atoms with Crippen LogP contribution in [0.25, 0.3) is 10.9 Å². The number of aromatic nitrogens is 1. The second-order valence-electron chi connectivity index (χ2n) is 4.35. The summed E-state index contributed by atoms with van der Waals surface area (Å²) in [5.41, 5.74) is 2.14. The Morgan fingerprint density at radius 3 is 2.65 bits per heavy atom. The van der Waals surface area contributed by atoms with E-state index in [-0.39, 0.29) is 5.78 Å². The average molecular weight is 413 g/mol. The van der Waals surface area contributed by atoms with E-state index < -0.39 is 0 Å². The number of hydrogen-bond acceptors (Lipinski definition) is 1. The summed E-state index contributed by atoms with van der Waals surface area (Å²) in [6, 6.07) is 11.0. The highest BCUT2D eigenvalue weighted by Gasteiger charge is 2.15. The molecule has 0 saturated carbocycles. The lowest BCUT2D eigenvalue weighted by molar-refractivity contribution is 0.104. The van der Waals surface area contributed by atoms with Crippen molar-refractivity contribution in [3.8, 4) is 0 Å². The average Bonchev–Trinajstić information content (AvgIpc) is 2.84. The quantitative estimate of drug-likeness (QED) is 0.547. The number of rotatable bonds is 2. The zero-order valence-electron chi connectivity index (χ0n) is 10.1. The molecule has 2 nitrogen and oxygen atoms in total. The number of hydrogen-bond donors (Lipinski definition) is 1. The van der Waals surface area contributed by atoms with Crippen LogP contribution in [0.5, 0.6) is 0 Å². The summed E-state index contributed by atoms with van der Waals surface area (Å²) in [6.07, 6.45) is 1.73. The fourth-order valence-electron chi connectivity index (χ4n) is 2.07. The van der Waals surface area contributed by atoms with Crippen LogP contribution in [0.15, 0.2) is 51.5 Å². The van der Waals surface area contributed by atoms with Crippen molar-refractivity contribution in [1.29, 1.82) is 0 Å². The van der Waals surface area contributed by atoms with Crippen molar-refractivity contribution in [1.82, 2.24) is 4.98 Å². The van der Waals surface area contributed by atoms with Crippen LogP contribution in [-0.2, 0) is 0 Å². The first kappa shape index (κ1) is 13.9. The van der Waals surface area contributed by atoms with Gasteiger partial charge in [-0.1, -0.05) is 27.5 Å². The van der Waals surface area contributed by atoms with Crippen LogP contribution >= 0.6 is 43.5 Å². The fraction of sp³-hybridized carbons (Fsp3) is 0. The molecule has 1 N–H and O–H groups in total. The summed E-state index contributed by atoms with van der Waals surface area (Å²) < 4.78 is 1.71. The van der Waals surface area contributed by atoms with E-state index in [0.29, 0.717) is 16.1 Å². The molecule has 100 valence electrons. The van der Waals surface area contributed by atoms with Crippen molar-refractivity contribution in [2.24, 2.45) is 0 Å². The number of fused-ring (bicyclic) bond motifs is 1. The molecule has 0 bridgehead atoms. The lowest BCUT2D eigenvalue weighted by atomic mass is 10.0. The Labute approximate surface area is 137 Å². The van der Waals surface area contributed by atoms with E-state index in [2.05, 4.69) is 36.8 Å². The van der Waals surface area contributed by atoms with Gasteiger partial charge in [0.1, 0.15) is 0 Å². The lowest BCUT2D eigenvalue weighted by Crippen LogP contribution is -2.00. The Hall–Kier alpha value is -1.10. The van der Waals surface area contributed by atoms with Gasteiger partial charge in [-0.25, -0.2) is 0 Å². The van der Waals surface area contributed by atoms with E-state index in [4.69, 9.17) is 11.6 Å². The third-order valence-corrected chi connectivity index (χ3v) is 4.80.